The fourth-order valence-electron chi connectivity index (χ4n) is 2.98. The van der Waals surface area contributed by atoms with Gasteiger partial charge in [0.2, 0.25) is 6.10 Å². The van der Waals surface area contributed by atoms with Crippen molar-refractivity contribution >= 4 is 12.1 Å². The summed E-state index contributed by atoms with van der Waals surface area (Å²) in [7, 11) is 0. The Kier molecular flexibility index (Phi) is 5.69. The molecule has 1 heterocycles. The topological polar surface area (TPSA) is 59.9 Å². The molecular formula is C24H30N2O3. The van der Waals surface area contributed by atoms with Gasteiger partial charge in [-0.05, 0) is 39.7 Å². The van der Waals surface area contributed by atoms with E-state index in [4.69, 9.17) is 9.47 Å². The van der Waals surface area contributed by atoms with Crippen LogP contribution in [0.3, 0.4) is 0 Å². The molecule has 1 aliphatic heterocycles. The van der Waals surface area contributed by atoms with Gasteiger partial charge in [-0.15, -0.1) is 0 Å². The number of hydrazone groups is 1. The number of hydrogen-bond acceptors (Lipinski definition) is 4. The number of nitrogens with one attached hydrogen (secondary N) is 1. The summed E-state index contributed by atoms with van der Waals surface area (Å²) in [5.41, 5.74) is 5.92. The van der Waals surface area contributed by atoms with Gasteiger partial charge in [0, 0.05) is 0 Å². The maximum absolute atomic E-state index is 12.4. The van der Waals surface area contributed by atoms with E-state index in [9.17, 15) is 4.79 Å². The van der Waals surface area contributed by atoms with Gasteiger partial charge in [0.1, 0.15) is 6.61 Å². The molecule has 2 aromatic carbocycles. The van der Waals surface area contributed by atoms with Crippen molar-refractivity contribution in [1.82, 2.24) is 5.43 Å². The third kappa shape index (κ3) is 5.17. The molecule has 0 bridgehead atoms. The van der Waals surface area contributed by atoms with E-state index >= 15 is 0 Å². The Morgan fingerprint density at radius 1 is 0.966 bits per heavy atom. The molecule has 5 nitrogen and oxygen atoms in total. The number of rotatable bonds is 3. The molecule has 0 saturated heterocycles. The number of fused-ring (bicyclic) bond motifs is 1. The second kappa shape index (κ2) is 7.90. The van der Waals surface area contributed by atoms with Gasteiger partial charge in [-0.25, -0.2) is 5.43 Å². The summed E-state index contributed by atoms with van der Waals surface area (Å²) in [5, 5.41) is 4.06. The Labute approximate surface area is 173 Å². The second-order valence-corrected chi connectivity index (χ2v) is 9.44. The number of hydrogen-bond donors (Lipinski definition) is 1. The second-order valence-electron chi connectivity index (χ2n) is 9.44. The number of amides is 1. The SMILES string of the molecule is CC(C)(C)c1ccc(/C=N/NC(=O)[C@H]2COc3ccc(C(C)(C)C)cc3O2)cc1. The average molecular weight is 395 g/mol. The first kappa shape index (κ1) is 20.9. The number of carbonyl (C=O) groups is 1. The Balaban J connectivity index is 1.61. The normalized spacial score (nSPS) is 16.7. The maximum Gasteiger partial charge on any atom is 0.284 e. The van der Waals surface area contributed by atoms with Gasteiger partial charge < -0.3 is 9.47 Å². The van der Waals surface area contributed by atoms with Crippen LogP contribution in [0.1, 0.15) is 58.2 Å². The van der Waals surface area contributed by atoms with Gasteiger partial charge in [0.05, 0.1) is 6.21 Å². The quantitative estimate of drug-likeness (QED) is 0.613. The van der Waals surface area contributed by atoms with Gasteiger partial charge in [0.15, 0.2) is 11.5 Å². The summed E-state index contributed by atoms with van der Waals surface area (Å²) >= 11 is 0. The lowest BCUT2D eigenvalue weighted by Crippen LogP contribution is -2.42. The molecule has 3 rings (SSSR count). The van der Waals surface area contributed by atoms with Crippen LogP contribution in [-0.2, 0) is 15.6 Å². The first-order chi connectivity index (χ1) is 13.5. The Morgan fingerprint density at radius 3 is 2.21 bits per heavy atom. The van der Waals surface area contributed by atoms with Crippen LogP contribution in [0.25, 0.3) is 0 Å². The predicted octanol–water partition coefficient (Wildman–Crippen LogP) is 4.57. The van der Waals surface area contributed by atoms with Gasteiger partial charge in [-0.3, -0.25) is 4.79 Å². The Bertz CT molecular complexity index is 903. The highest BCUT2D eigenvalue weighted by molar-refractivity contribution is 5.85. The lowest BCUT2D eigenvalue weighted by Gasteiger charge is -2.27. The van der Waals surface area contributed by atoms with E-state index in [1.807, 2.05) is 30.3 Å². The van der Waals surface area contributed by atoms with Crippen molar-refractivity contribution in [2.75, 3.05) is 6.61 Å². The van der Waals surface area contributed by atoms with Crippen molar-refractivity contribution in [2.45, 2.75) is 58.5 Å². The minimum Gasteiger partial charge on any atom is -0.485 e. The number of benzene rings is 2. The van der Waals surface area contributed by atoms with Crippen LogP contribution in [0, 0.1) is 0 Å². The van der Waals surface area contributed by atoms with E-state index in [0.29, 0.717) is 11.5 Å². The van der Waals surface area contributed by atoms with Gasteiger partial charge in [-0.2, -0.15) is 5.10 Å². The zero-order chi connectivity index (χ0) is 21.2. The van der Waals surface area contributed by atoms with E-state index in [-0.39, 0.29) is 23.3 Å². The molecule has 1 atom stereocenters. The monoisotopic (exact) mass is 394 g/mol. The molecule has 5 heteroatoms. The number of nitrogens with zero attached hydrogens (tertiary/aromatic N) is 1. The number of ether oxygens (including phenoxy) is 2. The highest BCUT2D eigenvalue weighted by atomic mass is 16.6. The summed E-state index contributed by atoms with van der Waals surface area (Å²) in [6, 6.07) is 14.0. The average Bonchev–Trinajstić information content (AvgIpc) is 2.66. The molecule has 0 spiro atoms. The van der Waals surface area contributed by atoms with Crippen LogP contribution >= 0.6 is 0 Å². The molecule has 0 radical (unpaired) electrons. The predicted molar refractivity (Wildman–Crippen MR) is 116 cm³/mol. The van der Waals surface area contributed by atoms with E-state index < -0.39 is 6.10 Å². The Hall–Kier alpha value is -2.82. The van der Waals surface area contributed by atoms with Crippen LogP contribution in [0.4, 0.5) is 0 Å². The molecular weight excluding hydrogens is 364 g/mol. The van der Waals surface area contributed by atoms with Crippen molar-refractivity contribution in [2.24, 2.45) is 5.10 Å². The van der Waals surface area contributed by atoms with Gasteiger partial charge >= 0.3 is 0 Å². The summed E-state index contributed by atoms with van der Waals surface area (Å²) in [5.74, 6) is 0.912. The van der Waals surface area contributed by atoms with Crippen LogP contribution in [-0.4, -0.2) is 24.8 Å². The van der Waals surface area contributed by atoms with Gasteiger partial charge in [0.25, 0.3) is 5.91 Å². The Morgan fingerprint density at radius 2 is 1.59 bits per heavy atom. The minimum atomic E-state index is -0.738. The maximum atomic E-state index is 12.4. The first-order valence-electron chi connectivity index (χ1n) is 9.91. The first-order valence-corrected chi connectivity index (χ1v) is 9.91. The summed E-state index contributed by atoms with van der Waals surface area (Å²) in [6.45, 7) is 13.1. The largest absolute Gasteiger partial charge is 0.485 e. The van der Waals surface area contributed by atoms with E-state index in [2.05, 4.69) is 64.2 Å². The highest BCUT2D eigenvalue weighted by Gasteiger charge is 2.28. The summed E-state index contributed by atoms with van der Waals surface area (Å²) in [4.78, 5) is 12.4. The standard InChI is InChI=1S/C24H30N2O3/c1-23(2,3)17-9-7-16(8-10-17)14-25-26-22(27)21-15-28-19-12-11-18(24(4,5)6)13-20(19)29-21/h7-14,21H,15H2,1-6H3,(H,26,27)/b25-14+/t21-/m1/s1. The molecule has 1 aliphatic rings. The van der Waals surface area contributed by atoms with Crippen molar-refractivity contribution in [3.63, 3.8) is 0 Å². The zero-order valence-electron chi connectivity index (χ0n) is 18.1. The van der Waals surface area contributed by atoms with Crippen LogP contribution in [0.15, 0.2) is 47.6 Å². The van der Waals surface area contributed by atoms with E-state index in [1.165, 1.54) is 5.56 Å². The molecule has 1 amide bonds. The van der Waals surface area contributed by atoms with E-state index in [1.54, 1.807) is 6.21 Å². The van der Waals surface area contributed by atoms with E-state index in [0.717, 1.165) is 11.1 Å². The minimum absolute atomic E-state index is 0.0135. The lowest BCUT2D eigenvalue weighted by molar-refractivity contribution is -0.130. The van der Waals surface area contributed by atoms with Crippen molar-refractivity contribution < 1.29 is 14.3 Å². The summed E-state index contributed by atoms with van der Waals surface area (Å²) < 4.78 is 11.6. The van der Waals surface area contributed by atoms with Crippen LogP contribution in [0.2, 0.25) is 0 Å². The fourth-order valence-corrected chi connectivity index (χ4v) is 2.98. The molecule has 1 N–H and O–H groups in total. The molecule has 0 saturated carbocycles. The molecule has 0 aliphatic carbocycles. The van der Waals surface area contributed by atoms with Crippen molar-refractivity contribution in [3.8, 4) is 11.5 Å². The molecule has 0 fully saturated rings. The molecule has 29 heavy (non-hydrogen) atoms. The molecule has 2 aromatic rings. The highest BCUT2D eigenvalue weighted by Crippen LogP contribution is 2.36. The third-order valence-corrected chi connectivity index (χ3v) is 4.93. The molecule has 0 aromatic heterocycles. The van der Waals surface area contributed by atoms with Gasteiger partial charge in [-0.1, -0.05) is 71.9 Å². The molecule has 154 valence electrons. The van der Waals surface area contributed by atoms with Crippen LogP contribution in [0.5, 0.6) is 11.5 Å². The van der Waals surface area contributed by atoms with Crippen molar-refractivity contribution in [3.05, 3.63) is 59.2 Å². The zero-order valence-corrected chi connectivity index (χ0v) is 18.1. The summed E-state index contributed by atoms with van der Waals surface area (Å²) in [6.07, 6.45) is 0.887. The smallest absolute Gasteiger partial charge is 0.284 e. The van der Waals surface area contributed by atoms with Crippen LogP contribution < -0.4 is 14.9 Å². The van der Waals surface area contributed by atoms with Crippen molar-refractivity contribution in [1.29, 1.82) is 0 Å². The fraction of sp³-hybridized carbons (Fsp3) is 0.417. The number of carbonyl (C=O) groups excluding carboxylic acids is 1. The lowest BCUT2D eigenvalue weighted by atomic mass is 9.87. The molecule has 0 unspecified atom stereocenters. The third-order valence-electron chi connectivity index (χ3n) is 4.93.